The van der Waals surface area contributed by atoms with Gasteiger partial charge in [-0.2, -0.15) is 0 Å². The van der Waals surface area contributed by atoms with E-state index in [2.05, 4.69) is 118 Å². The van der Waals surface area contributed by atoms with Crippen LogP contribution in [0.25, 0.3) is 0 Å². The van der Waals surface area contributed by atoms with E-state index in [9.17, 15) is 0 Å². The summed E-state index contributed by atoms with van der Waals surface area (Å²) in [6.45, 7) is 16.0. The van der Waals surface area contributed by atoms with Crippen LogP contribution in [0, 0.1) is 10.8 Å². The third-order valence-corrected chi connectivity index (χ3v) is 4.91. The molecule has 0 aromatic heterocycles. The summed E-state index contributed by atoms with van der Waals surface area (Å²) in [6.07, 6.45) is 2.39. The average Bonchev–Trinajstić information content (AvgIpc) is 2.90. The monoisotopic (exact) mass is 363 g/mol. The van der Waals surface area contributed by atoms with E-state index in [-0.39, 0.29) is 10.8 Å². The van der Waals surface area contributed by atoms with Crippen LogP contribution in [0.15, 0.2) is 60.7 Å². The Hall–Kier alpha value is -2.09. The van der Waals surface area contributed by atoms with Gasteiger partial charge in [0.15, 0.2) is 12.1 Å². The third kappa shape index (κ3) is 5.00. The summed E-state index contributed by atoms with van der Waals surface area (Å²) in [5.41, 5.74) is 3.26. The maximum absolute atomic E-state index is 2.57. The number of benzene rings is 2. The van der Waals surface area contributed by atoms with Crippen LogP contribution < -0.4 is 0 Å². The molecule has 1 heterocycles. The molecule has 0 N–H and O–H groups in total. The van der Waals surface area contributed by atoms with Crippen LogP contribution in [0.2, 0.25) is 0 Å². The van der Waals surface area contributed by atoms with Gasteiger partial charge in [-0.25, -0.2) is 0 Å². The lowest BCUT2D eigenvalue weighted by atomic mass is 9.89. The second-order valence-electron chi connectivity index (χ2n) is 10.3. The molecule has 2 atom stereocenters. The Morgan fingerprint density at radius 3 is 1.74 bits per heavy atom. The first-order valence-corrected chi connectivity index (χ1v) is 10.1. The maximum Gasteiger partial charge on any atom is 0.235 e. The SMILES string of the molecule is CC(C)(C)CN1C=[N+](CC(C)(C)C)C(c2ccccc2)C1c1ccccc1. The molecular formula is C25H35N2+. The highest BCUT2D eigenvalue weighted by atomic mass is 15.3. The van der Waals surface area contributed by atoms with Crippen molar-refractivity contribution in [2.75, 3.05) is 13.1 Å². The van der Waals surface area contributed by atoms with Crippen LogP contribution in [0.1, 0.15) is 64.8 Å². The quantitative estimate of drug-likeness (QED) is 0.611. The highest BCUT2D eigenvalue weighted by Gasteiger charge is 2.45. The Morgan fingerprint density at radius 1 is 0.741 bits per heavy atom. The summed E-state index contributed by atoms with van der Waals surface area (Å²) in [5.74, 6) is 0. The van der Waals surface area contributed by atoms with Crippen molar-refractivity contribution in [2.45, 2.75) is 53.6 Å². The lowest BCUT2D eigenvalue weighted by Gasteiger charge is -2.29. The van der Waals surface area contributed by atoms with E-state index in [1.54, 1.807) is 0 Å². The van der Waals surface area contributed by atoms with Gasteiger partial charge in [-0.1, -0.05) is 102 Å². The van der Waals surface area contributed by atoms with Crippen LogP contribution in [0.5, 0.6) is 0 Å². The molecule has 2 aromatic carbocycles. The molecule has 0 saturated carbocycles. The first-order chi connectivity index (χ1) is 12.6. The standard InChI is InChI=1S/C25H35N2/c1-24(2,3)17-26-19-27(18-25(4,5)6)23(21-15-11-8-12-16-21)22(26)20-13-9-7-10-14-20/h7-16,19,22-23H,17-18H2,1-6H3/q+1. The predicted molar refractivity (Wildman–Crippen MR) is 115 cm³/mol. The zero-order valence-corrected chi connectivity index (χ0v) is 17.8. The van der Waals surface area contributed by atoms with Crippen molar-refractivity contribution in [2.24, 2.45) is 10.8 Å². The maximum atomic E-state index is 2.57. The van der Waals surface area contributed by atoms with Crippen LogP contribution in [-0.2, 0) is 0 Å². The first-order valence-electron chi connectivity index (χ1n) is 10.1. The number of hydrogen-bond acceptors (Lipinski definition) is 1. The Kier molecular flexibility index (Phi) is 5.46. The minimum Gasteiger partial charge on any atom is -0.256 e. The van der Waals surface area contributed by atoms with Crippen LogP contribution in [0.4, 0.5) is 0 Å². The molecule has 0 saturated heterocycles. The Labute approximate surface area is 165 Å². The highest BCUT2D eigenvalue weighted by Crippen LogP contribution is 2.42. The summed E-state index contributed by atoms with van der Waals surface area (Å²) in [5, 5.41) is 0. The first kappa shape index (κ1) is 19.7. The second kappa shape index (κ2) is 7.50. The Balaban J connectivity index is 2.09. The molecule has 0 bridgehead atoms. The van der Waals surface area contributed by atoms with Crippen molar-refractivity contribution >= 4 is 6.34 Å². The largest absolute Gasteiger partial charge is 0.256 e. The predicted octanol–water partition coefficient (Wildman–Crippen LogP) is 5.92. The van der Waals surface area contributed by atoms with E-state index < -0.39 is 0 Å². The van der Waals surface area contributed by atoms with Gasteiger partial charge < -0.3 is 0 Å². The summed E-state index contributed by atoms with van der Waals surface area (Å²) in [6, 6.07) is 22.7. The summed E-state index contributed by atoms with van der Waals surface area (Å²) >= 11 is 0. The normalized spacial score (nSPS) is 20.7. The molecule has 2 nitrogen and oxygen atoms in total. The molecular weight excluding hydrogens is 328 g/mol. The molecule has 2 heteroatoms. The second-order valence-corrected chi connectivity index (χ2v) is 10.3. The molecule has 2 aromatic rings. The van der Waals surface area contributed by atoms with Gasteiger partial charge in [-0.05, 0) is 10.8 Å². The lowest BCUT2D eigenvalue weighted by Crippen LogP contribution is -2.33. The van der Waals surface area contributed by atoms with Gasteiger partial charge in [0.2, 0.25) is 6.34 Å². The molecule has 0 spiro atoms. The van der Waals surface area contributed by atoms with Gasteiger partial charge in [0.25, 0.3) is 0 Å². The zero-order chi connectivity index (χ0) is 19.7. The van der Waals surface area contributed by atoms with Gasteiger partial charge >= 0.3 is 0 Å². The van der Waals surface area contributed by atoms with Gasteiger partial charge in [0, 0.05) is 11.1 Å². The van der Waals surface area contributed by atoms with Crippen molar-refractivity contribution in [3.05, 3.63) is 71.8 Å². The molecule has 1 aliphatic heterocycles. The molecule has 1 aliphatic rings. The molecule has 144 valence electrons. The van der Waals surface area contributed by atoms with E-state index in [1.807, 2.05) is 0 Å². The summed E-state index contributed by atoms with van der Waals surface area (Å²) < 4.78 is 2.57. The van der Waals surface area contributed by atoms with Gasteiger partial charge in [0.05, 0.1) is 13.1 Å². The molecule has 3 rings (SSSR count). The third-order valence-electron chi connectivity index (χ3n) is 4.91. The summed E-state index contributed by atoms with van der Waals surface area (Å²) in [4.78, 5) is 2.57. The minimum absolute atomic E-state index is 0.239. The summed E-state index contributed by atoms with van der Waals surface area (Å²) in [7, 11) is 0. The van der Waals surface area contributed by atoms with Crippen LogP contribution in [0.3, 0.4) is 0 Å². The average molecular weight is 364 g/mol. The van der Waals surface area contributed by atoms with Gasteiger partial charge in [0.1, 0.15) is 0 Å². The highest BCUT2D eigenvalue weighted by molar-refractivity contribution is 5.54. The molecule has 27 heavy (non-hydrogen) atoms. The van der Waals surface area contributed by atoms with Crippen molar-refractivity contribution in [1.29, 1.82) is 0 Å². The Bertz CT molecular complexity index is 763. The van der Waals surface area contributed by atoms with E-state index >= 15 is 0 Å². The van der Waals surface area contributed by atoms with E-state index in [1.165, 1.54) is 11.1 Å². The van der Waals surface area contributed by atoms with Crippen LogP contribution in [-0.4, -0.2) is 28.9 Å². The molecule has 0 aliphatic carbocycles. The molecule has 0 fully saturated rings. The number of hydrogen-bond donors (Lipinski definition) is 0. The van der Waals surface area contributed by atoms with E-state index in [0.717, 1.165) is 13.1 Å². The van der Waals surface area contributed by atoms with E-state index in [0.29, 0.717) is 12.1 Å². The Morgan fingerprint density at radius 2 is 1.26 bits per heavy atom. The van der Waals surface area contributed by atoms with Crippen molar-refractivity contribution in [3.8, 4) is 0 Å². The minimum atomic E-state index is 0.239. The zero-order valence-electron chi connectivity index (χ0n) is 17.8. The van der Waals surface area contributed by atoms with E-state index in [4.69, 9.17) is 0 Å². The fourth-order valence-corrected chi connectivity index (χ4v) is 4.12. The van der Waals surface area contributed by atoms with Crippen molar-refractivity contribution in [1.82, 2.24) is 4.90 Å². The topological polar surface area (TPSA) is 6.25 Å². The smallest absolute Gasteiger partial charge is 0.235 e. The van der Waals surface area contributed by atoms with Gasteiger partial charge in [-0.15, -0.1) is 0 Å². The van der Waals surface area contributed by atoms with Crippen LogP contribution >= 0.6 is 0 Å². The fraction of sp³-hybridized carbons (Fsp3) is 0.480. The van der Waals surface area contributed by atoms with Crippen molar-refractivity contribution < 1.29 is 4.58 Å². The lowest BCUT2D eigenvalue weighted by molar-refractivity contribution is -0.574. The number of rotatable bonds is 4. The number of nitrogens with zero attached hydrogens (tertiary/aromatic N) is 2. The molecule has 0 amide bonds. The fourth-order valence-electron chi connectivity index (χ4n) is 4.12. The molecule has 2 unspecified atom stereocenters. The van der Waals surface area contributed by atoms with Crippen molar-refractivity contribution in [3.63, 3.8) is 0 Å². The molecule has 0 radical (unpaired) electrons. The van der Waals surface area contributed by atoms with Gasteiger partial charge in [-0.3, -0.25) is 9.48 Å².